The van der Waals surface area contributed by atoms with Crippen LogP contribution in [0.2, 0.25) is 0 Å². The second-order valence-electron chi connectivity index (χ2n) is 8.25. The zero-order chi connectivity index (χ0) is 23.7. The molecule has 5 N–H and O–H groups in total. The summed E-state index contributed by atoms with van der Waals surface area (Å²) in [5, 5.41) is 0. The van der Waals surface area contributed by atoms with Crippen LogP contribution in [0.1, 0.15) is 52.9 Å². The van der Waals surface area contributed by atoms with Gasteiger partial charge in [-0.1, -0.05) is 33.6 Å². The maximum atomic E-state index is 12.1. The lowest BCUT2D eigenvalue weighted by Crippen LogP contribution is -2.37. The summed E-state index contributed by atoms with van der Waals surface area (Å²) >= 11 is 0. The van der Waals surface area contributed by atoms with Crippen molar-refractivity contribution < 1.29 is 19.1 Å². The first-order valence-electron chi connectivity index (χ1n) is 11.0. The number of fused-ring (bicyclic) bond motifs is 1. The van der Waals surface area contributed by atoms with Gasteiger partial charge in [-0.3, -0.25) is 19.4 Å². The van der Waals surface area contributed by atoms with Gasteiger partial charge in [0, 0.05) is 18.9 Å². The zero-order valence-corrected chi connectivity index (χ0v) is 19.0. The molecule has 2 aromatic rings. The van der Waals surface area contributed by atoms with Crippen LogP contribution < -0.4 is 17.0 Å². The van der Waals surface area contributed by atoms with Crippen LogP contribution in [0.5, 0.6) is 0 Å². The van der Waals surface area contributed by atoms with Gasteiger partial charge >= 0.3 is 11.9 Å². The third kappa shape index (κ3) is 7.33. The second kappa shape index (κ2) is 12.2. The fourth-order valence-corrected chi connectivity index (χ4v) is 3.11. The van der Waals surface area contributed by atoms with Crippen molar-refractivity contribution in [1.82, 2.24) is 19.5 Å². The van der Waals surface area contributed by atoms with Crippen molar-refractivity contribution in [3.05, 3.63) is 16.7 Å². The fraction of sp³-hybridized carbons (Fsp3) is 0.667. The number of nitrogen functional groups attached to an aromatic ring is 1. The summed E-state index contributed by atoms with van der Waals surface area (Å²) in [6.07, 6.45) is 5.04. The highest BCUT2D eigenvalue weighted by Gasteiger charge is 2.21. The molecule has 0 aliphatic carbocycles. The lowest BCUT2D eigenvalue weighted by atomic mass is 10.1. The summed E-state index contributed by atoms with van der Waals surface area (Å²) in [7, 11) is 0. The third-order valence-corrected chi connectivity index (χ3v) is 5.17. The minimum atomic E-state index is -0.693. The molecule has 2 rings (SSSR count). The van der Waals surface area contributed by atoms with Crippen molar-refractivity contribution in [3.63, 3.8) is 0 Å². The SMILES string of the molecule is CCCCCC(=O)OCC(CCOC(=O)[C@@H](N)C(C)C)Cn1cnc2c(=O)[nH]c(N)nc21. The van der Waals surface area contributed by atoms with Crippen molar-refractivity contribution >= 4 is 29.1 Å². The van der Waals surface area contributed by atoms with E-state index in [0.29, 0.717) is 25.0 Å². The van der Waals surface area contributed by atoms with Crippen molar-refractivity contribution in [2.24, 2.45) is 17.6 Å². The van der Waals surface area contributed by atoms with Gasteiger partial charge in [0.15, 0.2) is 11.2 Å². The number of anilines is 1. The quantitative estimate of drug-likeness (QED) is 0.301. The molecular weight excluding hydrogens is 416 g/mol. The Bertz CT molecular complexity index is 954. The van der Waals surface area contributed by atoms with E-state index in [1.165, 1.54) is 6.33 Å². The highest BCUT2D eigenvalue weighted by Crippen LogP contribution is 2.15. The normalized spacial score (nSPS) is 13.3. The Kier molecular flexibility index (Phi) is 9.63. The molecule has 0 amide bonds. The number of nitrogens with two attached hydrogens (primary N) is 2. The first-order valence-corrected chi connectivity index (χ1v) is 11.0. The van der Waals surface area contributed by atoms with Crippen LogP contribution >= 0.6 is 0 Å². The van der Waals surface area contributed by atoms with Crippen LogP contribution in [0, 0.1) is 11.8 Å². The van der Waals surface area contributed by atoms with E-state index in [1.54, 1.807) is 4.57 Å². The van der Waals surface area contributed by atoms with Gasteiger partial charge in [-0.2, -0.15) is 4.98 Å². The summed E-state index contributed by atoms with van der Waals surface area (Å²) in [5.74, 6) is -0.983. The lowest BCUT2D eigenvalue weighted by Gasteiger charge is -2.19. The van der Waals surface area contributed by atoms with E-state index in [0.717, 1.165) is 19.3 Å². The van der Waals surface area contributed by atoms with Gasteiger partial charge < -0.3 is 25.5 Å². The largest absolute Gasteiger partial charge is 0.465 e. The summed E-state index contributed by atoms with van der Waals surface area (Å²) in [6, 6.07) is -0.693. The van der Waals surface area contributed by atoms with E-state index in [9.17, 15) is 14.4 Å². The number of aromatic nitrogens is 4. The average Bonchev–Trinajstić information content (AvgIpc) is 3.14. The maximum Gasteiger partial charge on any atom is 0.323 e. The van der Waals surface area contributed by atoms with E-state index in [-0.39, 0.29) is 42.5 Å². The number of esters is 2. The molecule has 1 unspecified atom stereocenters. The van der Waals surface area contributed by atoms with Crippen LogP contribution in [0.3, 0.4) is 0 Å². The number of H-pyrrole nitrogens is 1. The smallest absolute Gasteiger partial charge is 0.323 e. The van der Waals surface area contributed by atoms with Crippen LogP contribution in [0.25, 0.3) is 11.2 Å². The summed E-state index contributed by atoms with van der Waals surface area (Å²) in [6.45, 7) is 6.36. The molecule has 0 fully saturated rings. The Balaban J connectivity index is 2.05. The van der Waals surface area contributed by atoms with Crippen LogP contribution in [0.4, 0.5) is 5.95 Å². The van der Waals surface area contributed by atoms with Crippen molar-refractivity contribution in [2.75, 3.05) is 18.9 Å². The molecule has 0 aliphatic heterocycles. The molecule has 2 heterocycles. The number of unbranched alkanes of at least 4 members (excludes halogenated alkanes) is 2. The van der Waals surface area contributed by atoms with E-state index < -0.39 is 17.6 Å². The molecule has 0 saturated carbocycles. The number of rotatable bonds is 13. The number of nitrogens with zero attached hydrogens (tertiary/aromatic N) is 3. The van der Waals surface area contributed by atoms with Gasteiger partial charge in [0.1, 0.15) is 6.04 Å². The molecule has 0 spiro atoms. The molecule has 2 aromatic heterocycles. The molecular formula is C21H34N6O5. The molecule has 11 nitrogen and oxygen atoms in total. The van der Waals surface area contributed by atoms with Gasteiger partial charge in [0.25, 0.3) is 5.56 Å². The van der Waals surface area contributed by atoms with Crippen LogP contribution in [0.15, 0.2) is 11.1 Å². The molecule has 32 heavy (non-hydrogen) atoms. The average molecular weight is 451 g/mol. The number of aromatic amines is 1. The highest BCUT2D eigenvalue weighted by atomic mass is 16.5. The predicted molar refractivity (Wildman–Crippen MR) is 120 cm³/mol. The zero-order valence-electron chi connectivity index (χ0n) is 19.0. The molecule has 0 aromatic carbocycles. The van der Waals surface area contributed by atoms with E-state index in [1.807, 2.05) is 13.8 Å². The molecule has 0 radical (unpaired) electrons. The number of carbonyl (C=O) groups excluding carboxylic acids is 2. The Morgan fingerprint density at radius 2 is 2.00 bits per heavy atom. The Hall–Kier alpha value is -2.95. The maximum absolute atomic E-state index is 12.1. The predicted octanol–water partition coefficient (Wildman–Crippen LogP) is 1.36. The molecule has 11 heteroatoms. The number of nitrogens with one attached hydrogen (secondary N) is 1. The van der Waals surface area contributed by atoms with E-state index >= 15 is 0 Å². The number of hydrogen-bond donors (Lipinski definition) is 3. The first-order chi connectivity index (χ1) is 15.2. The number of carbonyl (C=O) groups is 2. The number of ether oxygens (including phenoxy) is 2. The Morgan fingerprint density at radius 3 is 2.69 bits per heavy atom. The van der Waals surface area contributed by atoms with Crippen LogP contribution in [-0.4, -0.2) is 50.7 Å². The second-order valence-corrected chi connectivity index (χ2v) is 8.25. The topological polar surface area (TPSA) is 168 Å². The summed E-state index contributed by atoms with van der Waals surface area (Å²) < 4.78 is 12.4. The fourth-order valence-electron chi connectivity index (χ4n) is 3.11. The van der Waals surface area contributed by atoms with E-state index in [2.05, 4.69) is 21.9 Å². The summed E-state index contributed by atoms with van der Waals surface area (Å²) in [4.78, 5) is 46.8. The van der Waals surface area contributed by atoms with E-state index in [4.69, 9.17) is 20.9 Å². The minimum absolute atomic E-state index is 0.0141. The van der Waals surface area contributed by atoms with Gasteiger partial charge in [0.2, 0.25) is 5.95 Å². The monoisotopic (exact) mass is 450 g/mol. The Labute approximate surface area is 186 Å². The molecule has 0 bridgehead atoms. The molecule has 2 atom stereocenters. The molecule has 0 aliphatic rings. The lowest BCUT2D eigenvalue weighted by molar-refractivity contribution is -0.149. The first kappa shape index (κ1) is 25.3. The van der Waals surface area contributed by atoms with Crippen LogP contribution in [-0.2, 0) is 25.6 Å². The summed E-state index contributed by atoms with van der Waals surface area (Å²) in [5.41, 5.74) is 11.6. The standard InChI is InChI=1S/C21H34N6O5/c1-4-5-6-7-15(28)32-11-14(8-9-31-20(30)16(22)13(2)3)10-27-12-24-17-18(27)25-21(23)26-19(17)29/h12-14,16H,4-11,22H2,1-3H3,(H3,23,25,26,29)/t14?,16-/m0/s1. The Morgan fingerprint density at radius 1 is 1.25 bits per heavy atom. The molecule has 178 valence electrons. The highest BCUT2D eigenvalue weighted by molar-refractivity contribution is 5.75. The van der Waals surface area contributed by atoms with Crippen molar-refractivity contribution in [2.45, 2.75) is 65.5 Å². The minimum Gasteiger partial charge on any atom is -0.465 e. The third-order valence-electron chi connectivity index (χ3n) is 5.17. The van der Waals surface area contributed by atoms with Crippen molar-refractivity contribution in [1.29, 1.82) is 0 Å². The van der Waals surface area contributed by atoms with Gasteiger partial charge in [-0.15, -0.1) is 0 Å². The number of hydrogen-bond acceptors (Lipinski definition) is 9. The van der Waals surface area contributed by atoms with Gasteiger partial charge in [0.05, 0.1) is 19.5 Å². The number of imidazole rings is 1. The molecule has 0 saturated heterocycles. The van der Waals surface area contributed by atoms with Gasteiger partial charge in [-0.05, 0) is 18.8 Å². The van der Waals surface area contributed by atoms with Crippen molar-refractivity contribution in [3.8, 4) is 0 Å². The van der Waals surface area contributed by atoms with Gasteiger partial charge in [-0.25, -0.2) is 4.98 Å².